The van der Waals surface area contributed by atoms with Crippen molar-refractivity contribution >= 4 is 29.8 Å². The van der Waals surface area contributed by atoms with E-state index >= 15 is 0 Å². The molecule has 0 heterocycles. The maximum Gasteiger partial charge on any atom is 0.491 e. The van der Waals surface area contributed by atoms with Crippen LogP contribution in [0.2, 0.25) is 0 Å². The van der Waals surface area contributed by atoms with E-state index < -0.39 is 65.0 Å². The van der Waals surface area contributed by atoms with Crippen molar-refractivity contribution in [3.05, 3.63) is 108 Å². The highest BCUT2D eigenvalue weighted by Gasteiger charge is 2.45. The van der Waals surface area contributed by atoms with Gasteiger partial charge in [-0.25, -0.2) is 9.59 Å². The van der Waals surface area contributed by atoms with Crippen LogP contribution in [0.5, 0.6) is 0 Å². The summed E-state index contributed by atoms with van der Waals surface area (Å²) in [7, 11) is 0. The first-order chi connectivity index (χ1) is 22.8. The zero-order valence-corrected chi connectivity index (χ0v) is 27.9. The number of ether oxygens (including phenoxy) is 2. The van der Waals surface area contributed by atoms with Crippen molar-refractivity contribution < 1.29 is 46.6 Å². The molecule has 0 aliphatic carbocycles. The number of nitrogens with one attached hydrogen (secondary N) is 3. The van der Waals surface area contributed by atoms with Gasteiger partial charge in [-0.1, -0.05) is 91.0 Å². The smallest absolute Gasteiger partial charge is 0.444 e. The molecule has 0 unspecified atom stereocenters. The molecule has 0 saturated carbocycles. The molecule has 13 heteroatoms. The van der Waals surface area contributed by atoms with Gasteiger partial charge in [0.15, 0.2) is 0 Å². The van der Waals surface area contributed by atoms with Crippen molar-refractivity contribution in [1.82, 2.24) is 16.0 Å². The van der Waals surface area contributed by atoms with E-state index in [1.54, 1.807) is 20.8 Å². The lowest BCUT2D eigenvalue weighted by atomic mass is 9.77. The summed E-state index contributed by atoms with van der Waals surface area (Å²) in [6, 6.07) is 26.2. The summed E-state index contributed by atoms with van der Waals surface area (Å²) in [4.78, 5) is 63.6. The highest BCUT2D eigenvalue weighted by molar-refractivity contribution is 5.92. The van der Waals surface area contributed by atoms with Crippen molar-refractivity contribution in [1.29, 1.82) is 0 Å². The first-order valence-electron chi connectivity index (χ1n) is 15.4. The molecule has 0 aliphatic heterocycles. The van der Waals surface area contributed by atoms with Crippen LogP contribution in [-0.2, 0) is 34.2 Å². The van der Waals surface area contributed by atoms with Gasteiger partial charge in [-0.2, -0.15) is 13.2 Å². The fraction of sp³-hybridized carbons (Fsp3) is 0.361. The Balaban J connectivity index is 1.89. The number of carbonyl (C=O) groups is 5. The molecule has 3 rings (SSSR count). The zero-order chi connectivity index (χ0) is 36.5. The first kappa shape index (κ1) is 38.2. The molecule has 262 valence electrons. The maximum absolute atomic E-state index is 14.0. The number of hydrogen-bond donors (Lipinski definition) is 3. The molecule has 0 bridgehead atoms. The summed E-state index contributed by atoms with van der Waals surface area (Å²) < 4.78 is 47.0. The normalized spacial score (nSPS) is 12.7. The van der Waals surface area contributed by atoms with Crippen LogP contribution in [0, 0.1) is 5.41 Å². The standard InChI is InChI=1S/C36H40F3N3O7/c1-33(2,3)49-32(47)41-27(29(44)40-22-21-34(4,5)30(45)48-31(46)36(37,38)39)23-28(43)42-35(24-15-9-6-10-16-24,25-17-11-7-12-18-25)26-19-13-8-14-20-26/h6-20,27H,21-23H2,1-5H3,(H,40,44)(H,41,47)(H,42,43)/t27-/m1/s1. The summed E-state index contributed by atoms with van der Waals surface area (Å²) in [6.45, 7) is 7.06. The molecule has 0 aliphatic rings. The van der Waals surface area contributed by atoms with Gasteiger partial charge in [-0.3, -0.25) is 14.4 Å². The second-order valence-corrected chi connectivity index (χ2v) is 12.9. The largest absolute Gasteiger partial charge is 0.491 e. The van der Waals surface area contributed by atoms with Crippen molar-refractivity contribution in [3.63, 3.8) is 0 Å². The number of hydrogen-bond acceptors (Lipinski definition) is 7. The minimum Gasteiger partial charge on any atom is -0.444 e. The van der Waals surface area contributed by atoms with Crippen molar-refractivity contribution in [3.8, 4) is 0 Å². The molecular weight excluding hydrogens is 643 g/mol. The number of alkyl carbamates (subject to hydrolysis) is 1. The minimum absolute atomic E-state index is 0.243. The third-order valence-corrected chi connectivity index (χ3v) is 7.36. The van der Waals surface area contributed by atoms with Crippen LogP contribution in [0.15, 0.2) is 91.0 Å². The van der Waals surface area contributed by atoms with Crippen LogP contribution in [0.4, 0.5) is 18.0 Å². The molecule has 1 atom stereocenters. The Kier molecular flexibility index (Phi) is 12.3. The molecule has 3 N–H and O–H groups in total. The summed E-state index contributed by atoms with van der Waals surface area (Å²) in [5.74, 6) is -5.55. The molecule has 10 nitrogen and oxygen atoms in total. The summed E-state index contributed by atoms with van der Waals surface area (Å²) in [6.07, 6.45) is -7.13. The maximum atomic E-state index is 14.0. The molecule has 0 spiro atoms. The van der Waals surface area contributed by atoms with Gasteiger partial charge in [0.1, 0.15) is 17.2 Å². The van der Waals surface area contributed by atoms with Gasteiger partial charge in [-0.15, -0.1) is 0 Å². The van der Waals surface area contributed by atoms with Crippen molar-refractivity contribution in [2.24, 2.45) is 5.41 Å². The Morgan fingerprint density at radius 2 is 1.14 bits per heavy atom. The molecule has 0 saturated heterocycles. The predicted molar refractivity (Wildman–Crippen MR) is 174 cm³/mol. The number of carbonyl (C=O) groups excluding carboxylic acids is 5. The quantitative estimate of drug-likeness (QED) is 0.129. The van der Waals surface area contributed by atoms with Crippen LogP contribution in [-0.4, -0.2) is 54.2 Å². The van der Waals surface area contributed by atoms with Crippen molar-refractivity contribution in [2.45, 2.75) is 70.8 Å². The fourth-order valence-corrected chi connectivity index (χ4v) is 4.89. The lowest BCUT2D eigenvalue weighted by Gasteiger charge is -2.37. The van der Waals surface area contributed by atoms with E-state index in [9.17, 15) is 37.1 Å². The number of benzene rings is 3. The zero-order valence-electron chi connectivity index (χ0n) is 27.9. The number of alkyl halides is 3. The van der Waals surface area contributed by atoms with E-state index in [-0.39, 0.29) is 13.0 Å². The summed E-state index contributed by atoms with van der Waals surface area (Å²) in [5.41, 5.74) is -1.60. The van der Waals surface area contributed by atoms with E-state index in [0.29, 0.717) is 0 Å². The van der Waals surface area contributed by atoms with Crippen LogP contribution < -0.4 is 16.0 Å². The van der Waals surface area contributed by atoms with E-state index in [1.165, 1.54) is 13.8 Å². The molecule has 3 aromatic rings. The predicted octanol–water partition coefficient (Wildman–Crippen LogP) is 5.54. The summed E-state index contributed by atoms with van der Waals surface area (Å²) >= 11 is 0. The van der Waals surface area contributed by atoms with Gasteiger partial charge in [0.2, 0.25) is 11.8 Å². The lowest BCUT2D eigenvalue weighted by molar-refractivity contribution is -0.204. The molecule has 0 aromatic heterocycles. The van der Waals surface area contributed by atoms with Gasteiger partial charge in [-0.05, 0) is 57.7 Å². The van der Waals surface area contributed by atoms with E-state index in [4.69, 9.17) is 4.74 Å². The Morgan fingerprint density at radius 1 is 0.694 bits per heavy atom. The molecule has 0 radical (unpaired) electrons. The van der Waals surface area contributed by atoms with Gasteiger partial charge >= 0.3 is 24.2 Å². The fourth-order valence-electron chi connectivity index (χ4n) is 4.89. The molecule has 3 aromatic carbocycles. The second kappa shape index (κ2) is 15.8. The van der Waals surface area contributed by atoms with Crippen LogP contribution >= 0.6 is 0 Å². The Morgan fingerprint density at radius 3 is 1.55 bits per heavy atom. The Bertz CT molecular complexity index is 1510. The van der Waals surface area contributed by atoms with Gasteiger partial charge in [0.25, 0.3) is 0 Å². The minimum atomic E-state index is -5.36. The molecule has 49 heavy (non-hydrogen) atoms. The van der Waals surface area contributed by atoms with Crippen LogP contribution in [0.1, 0.15) is 64.2 Å². The molecule has 3 amide bonds. The second-order valence-electron chi connectivity index (χ2n) is 12.9. The number of esters is 2. The Labute approximate surface area is 282 Å². The molecular formula is C36H40F3N3O7. The average Bonchev–Trinajstić information content (AvgIpc) is 3.03. The van der Waals surface area contributed by atoms with Crippen LogP contribution in [0.3, 0.4) is 0 Å². The Hall–Kier alpha value is -5.20. The number of rotatable bonds is 12. The first-order valence-corrected chi connectivity index (χ1v) is 15.4. The number of halogens is 3. The highest BCUT2D eigenvalue weighted by Crippen LogP contribution is 2.37. The van der Waals surface area contributed by atoms with Crippen molar-refractivity contribution in [2.75, 3.05) is 6.54 Å². The highest BCUT2D eigenvalue weighted by atomic mass is 19.4. The topological polar surface area (TPSA) is 140 Å². The van der Waals surface area contributed by atoms with Gasteiger partial charge in [0.05, 0.1) is 11.8 Å². The average molecular weight is 684 g/mol. The van der Waals surface area contributed by atoms with Gasteiger partial charge in [0, 0.05) is 6.54 Å². The van der Waals surface area contributed by atoms with Gasteiger partial charge < -0.3 is 25.4 Å². The van der Waals surface area contributed by atoms with E-state index in [2.05, 4.69) is 20.7 Å². The lowest BCUT2D eigenvalue weighted by Crippen LogP contribution is -2.53. The summed E-state index contributed by atoms with van der Waals surface area (Å²) in [5, 5.41) is 8.05. The third-order valence-electron chi connectivity index (χ3n) is 7.36. The monoisotopic (exact) mass is 683 g/mol. The number of amides is 3. The molecule has 0 fully saturated rings. The van der Waals surface area contributed by atoms with Crippen LogP contribution in [0.25, 0.3) is 0 Å². The van der Waals surface area contributed by atoms with E-state index in [0.717, 1.165) is 16.7 Å². The van der Waals surface area contributed by atoms with E-state index in [1.807, 2.05) is 91.0 Å². The third kappa shape index (κ3) is 10.6. The SMILES string of the molecule is CC(C)(C)OC(=O)N[C@H](CC(=O)NC(c1ccccc1)(c1ccccc1)c1ccccc1)C(=O)NCCC(C)(C)C(=O)OC(=O)C(F)(F)F.